The Kier molecular flexibility index (Phi) is 5.00. The largest absolute Gasteiger partial charge is 0.494 e. The van der Waals surface area contributed by atoms with E-state index in [0.717, 1.165) is 48.4 Å². The number of aryl methyl sites for hydroxylation is 1. The van der Waals surface area contributed by atoms with Crippen molar-refractivity contribution in [3.8, 4) is 11.8 Å². The molecule has 1 aromatic heterocycles. The van der Waals surface area contributed by atoms with Crippen LogP contribution >= 0.6 is 0 Å². The van der Waals surface area contributed by atoms with Gasteiger partial charge in [-0.05, 0) is 25.0 Å². The van der Waals surface area contributed by atoms with Crippen molar-refractivity contribution >= 4 is 11.0 Å². The summed E-state index contributed by atoms with van der Waals surface area (Å²) in [6.07, 6.45) is 3.56. The lowest BCUT2D eigenvalue weighted by Crippen LogP contribution is -2.03. The minimum absolute atomic E-state index is 0.351. The first kappa shape index (κ1) is 14.4. The van der Waals surface area contributed by atoms with Crippen LogP contribution in [0.3, 0.4) is 0 Å². The van der Waals surface area contributed by atoms with Gasteiger partial charge in [0.2, 0.25) is 0 Å². The van der Waals surface area contributed by atoms with E-state index in [2.05, 4.69) is 29.5 Å². The van der Waals surface area contributed by atoms with Gasteiger partial charge >= 0.3 is 0 Å². The van der Waals surface area contributed by atoms with Crippen LogP contribution in [0, 0.1) is 11.3 Å². The topological polar surface area (TPSA) is 50.8 Å². The molecular formula is C16H21N3O. The first-order valence-corrected chi connectivity index (χ1v) is 7.29. The van der Waals surface area contributed by atoms with Crippen molar-refractivity contribution in [2.24, 2.45) is 0 Å². The maximum absolute atomic E-state index is 8.94. The summed E-state index contributed by atoms with van der Waals surface area (Å²) in [5.74, 6) is 1.70. The third-order valence-electron chi connectivity index (χ3n) is 3.24. The molecule has 4 heteroatoms. The number of unbranched alkanes of at least 4 members (excludes halogenated alkanes) is 1. The second-order valence-electron chi connectivity index (χ2n) is 4.87. The van der Waals surface area contributed by atoms with Crippen LogP contribution in [0.4, 0.5) is 0 Å². The highest BCUT2D eigenvalue weighted by Gasteiger charge is 2.11. The van der Waals surface area contributed by atoms with Gasteiger partial charge in [0.05, 0.1) is 30.1 Å². The van der Waals surface area contributed by atoms with Gasteiger partial charge in [0.15, 0.2) is 0 Å². The average molecular weight is 271 g/mol. The molecule has 2 aromatic rings. The Balaban J connectivity index is 2.36. The number of hydrogen-bond donors (Lipinski definition) is 0. The second-order valence-corrected chi connectivity index (χ2v) is 4.87. The third kappa shape index (κ3) is 3.11. The van der Waals surface area contributed by atoms with Crippen molar-refractivity contribution in [1.82, 2.24) is 9.55 Å². The molecule has 2 rings (SSSR count). The molecule has 0 radical (unpaired) electrons. The Morgan fingerprint density at radius 3 is 2.85 bits per heavy atom. The number of aromatic nitrogens is 2. The van der Waals surface area contributed by atoms with Crippen LogP contribution in [-0.2, 0) is 13.0 Å². The summed E-state index contributed by atoms with van der Waals surface area (Å²) in [6, 6.07) is 8.19. The van der Waals surface area contributed by atoms with E-state index < -0.39 is 0 Å². The van der Waals surface area contributed by atoms with Crippen LogP contribution in [0.5, 0.6) is 5.75 Å². The molecule has 0 unspecified atom stereocenters. The number of fused-ring (bicyclic) bond motifs is 1. The van der Waals surface area contributed by atoms with Gasteiger partial charge in [-0.2, -0.15) is 5.26 Å². The molecule has 0 N–H and O–H groups in total. The Morgan fingerprint density at radius 2 is 2.15 bits per heavy atom. The molecule has 0 aliphatic rings. The Morgan fingerprint density at radius 1 is 1.30 bits per heavy atom. The van der Waals surface area contributed by atoms with Crippen molar-refractivity contribution in [2.75, 3.05) is 6.61 Å². The first-order valence-electron chi connectivity index (χ1n) is 7.29. The van der Waals surface area contributed by atoms with Crippen LogP contribution in [0.25, 0.3) is 11.0 Å². The molecule has 0 aliphatic heterocycles. The summed E-state index contributed by atoms with van der Waals surface area (Å²) in [4.78, 5) is 4.58. The monoisotopic (exact) mass is 271 g/mol. The van der Waals surface area contributed by atoms with Gasteiger partial charge in [0, 0.05) is 12.6 Å². The standard InChI is InChI=1S/C16H21N3O/c1-3-5-10-19-15-7-6-13(20-11-4-2)12-14(15)18-16(19)8-9-17/h6-7,12H,3-5,8,10-11H2,1-2H3. The van der Waals surface area contributed by atoms with Crippen molar-refractivity contribution in [2.45, 2.75) is 46.1 Å². The number of hydrogen-bond acceptors (Lipinski definition) is 3. The summed E-state index contributed by atoms with van der Waals surface area (Å²) in [6.45, 7) is 5.88. The van der Waals surface area contributed by atoms with Crippen LogP contribution in [0.2, 0.25) is 0 Å². The quantitative estimate of drug-likeness (QED) is 0.771. The van der Waals surface area contributed by atoms with Gasteiger partial charge in [-0.15, -0.1) is 0 Å². The van der Waals surface area contributed by atoms with Gasteiger partial charge in [-0.1, -0.05) is 20.3 Å². The molecule has 0 spiro atoms. The highest BCUT2D eigenvalue weighted by atomic mass is 16.5. The average Bonchev–Trinajstić information content (AvgIpc) is 2.80. The maximum Gasteiger partial charge on any atom is 0.124 e. The molecule has 0 saturated heterocycles. The van der Waals surface area contributed by atoms with Crippen LogP contribution < -0.4 is 4.74 Å². The van der Waals surface area contributed by atoms with Crippen LogP contribution in [0.15, 0.2) is 18.2 Å². The molecule has 0 saturated carbocycles. The van der Waals surface area contributed by atoms with Crippen molar-refractivity contribution < 1.29 is 4.74 Å². The lowest BCUT2D eigenvalue weighted by molar-refractivity contribution is 0.318. The number of nitriles is 1. The highest BCUT2D eigenvalue weighted by Crippen LogP contribution is 2.23. The smallest absolute Gasteiger partial charge is 0.124 e. The van der Waals surface area contributed by atoms with E-state index in [0.29, 0.717) is 13.0 Å². The van der Waals surface area contributed by atoms with Crippen molar-refractivity contribution in [3.63, 3.8) is 0 Å². The predicted molar refractivity (Wildman–Crippen MR) is 79.7 cm³/mol. The SMILES string of the molecule is CCCCn1c(CC#N)nc2cc(OCCC)ccc21. The second kappa shape index (κ2) is 6.95. The molecule has 0 amide bonds. The fraction of sp³-hybridized carbons (Fsp3) is 0.500. The molecule has 20 heavy (non-hydrogen) atoms. The molecule has 0 fully saturated rings. The summed E-state index contributed by atoms with van der Waals surface area (Å²) in [7, 11) is 0. The van der Waals surface area contributed by atoms with Crippen molar-refractivity contribution in [1.29, 1.82) is 5.26 Å². The minimum Gasteiger partial charge on any atom is -0.494 e. The Labute approximate surface area is 120 Å². The number of imidazole rings is 1. The number of ether oxygens (including phenoxy) is 1. The predicted octanol–water partition coefficient (Wildman–Crippen LogP) is 3.69. The van der Waals surface area contributed by atoms with E-state index >= 15 is 0 Å². The fourth-order valence-corrected chi connectivity index (χ4v) is 2.24. The van der Waals surface area contributed by atoms with E-state index in [9.17, 15) is 0 Å². The van der Waals surface area contributed by atoms with Crippen LogP contribution in [-0.4, -0.2) is 16.2 Å². The van der Waals surface area contributed by atoms with Crippen molar-refractivity contribution in [3.05, 3.63) is 24.0 Å². The van der Waals surface area contributed by atoms with Gasteiger partial charge in [-0.3, -0.25) is 0 Å². The molecule has 1 aromatic carbocycles. The molecule has 4 nitrogen and oxygen atoms in total. The summed E-state index contributed by atoms with van der Waals surface area (Å²) in [5, 5.41) is 8.94. The lowest BCUT2D eigenvalue weighted by Gasteiger charge is -2.07. The minimum atomic E-state index is 0.351. The fourth-order valence-electron chi connectivity index (χ4n) is 2.24. The van der Waals surface area contributed by atoms with Gasteiger partial charge < -0.3 is 9.30 Å². The van der Waals surface area contributed by atoms with E-state index in [4.69, 9.17) is 10.00 Å². The highest BCUT2D eigenvalue weighted by molar-refractivity contribution is 5.78. The van der Waals surface area contributed by atoms with Crippen LogP contribution in [0.1, 0.15) is 38.9 Å². The number of nitrogens with zero attached hydrogens (tertiary/aromatic N) is 3. The molecule has 106 valence electrons. The zero-order valence-electron chi connectivity index (χ0n) is 12.2. The van der Waals surface area contributed by atoms with Gasteiger partial charge in [-0.25, -0.2) is 4.98 Å². The molecule has 0 aliphatic carbocycles. The van der Waals surface area contributed by atoms with Gasteiger partial charge in [0.1, 0.15) is 11.6 Å². The zero-order chi connectivity index (χ0) is 14.4. The normalized spacial score (nSPS) is 10.7. The molecule has 1 heterocycles. The Hall–Kier alpha value is -2.02. The van der Waals surface area contributed by atoms with E-state index in [1.165, 1.54) is 0 Å². The lowest BCUT2D eigenvalue weighted by atomic mass is 10.2. The molecular weight excluding hydrogens is 250 g/mol. The summed E-state index contributed by atoms with van der Waals surface area (Å²) >= 11 is 0. The maximum atomic E-state index is 8.94. The number of rotatable bonds is 7. The van der Waals surface area contributed by atoms with E-state index in [1.807, 2.05) is 18.2 Å². The molecule has 0 atom stereocenters. The van der Waals surface area contributed by atoms with E-state index in [-0.39, 0.29) is 0 Å². The molecule has 0 bridgehead atoms. The van der Waals surface area contributed by atoms with E-state index in [1.54, 1.807) is 0 Å². The summed E-state index contributed by atoms with van der Waals surface area (Å²) in [5.41, 5.74) is 2.01. The zero-order valence-corrected chi connectivity index (χ0v) is 12.2. The number of benzene rings is 1. The Bertz CT molecular complexity index is 610. The third-order valence-corrected chi connectivity index (χ3v) is 3.24. The summed E-state index contributed by atoms with van der Waals surface area (Å²) < 4.78 is 7.80. The van der Waals surface area contributed by atoms with Gasteiger partial charge in [0.25, 0.3) is 0 Å². The first-order chi connectivity index (χ1) is 9.80.